The lowest BCUT2D eigenvalue weighted by atomic mass is 9.94. The van der Waals surface area contributed by atoms with Gasteiger partial charge in [-0.3, -0.25) is 4.79 Å². The molecular weight excluding hydrogens is 304 g/mol. The van der Waals surface area contributed by atoms with Crippen LogP contribution in [-0.4, -0.2) is 25.7 Å². The molecule has 0 aliphatic carbocycles. The van der Waals surface area contributed by atoms with Gasteiger partial charge in [-0.15, -0.1) is 0 Å². The van der Waals surface area contributed by atoms with Crippen molar-refractivity contribution in [1.29, 1.82) is 5.26 Å². The molecule has 7 heteroatoms. The van der Waals surface area contributed by atoms with Crippen LogP contribution in [0.25, 0.3) is 11.0 Å². The lowest BCUT2D eigenvalue weighted by molar-refractivity contribution is -0.116. The molecule has 1 N–H and O–H groups in total. The van der Waals surface area contributed by atoms with Crippen molar-refractivity contribution in [3.8, 4) is 6.07 Å². The van der Waals surface area contributed by atoms with Gasteiger partial charge in [0.25, 0.3) is 0 Å². The number of hydrogen-bond acceptors (Lipinski definition) is 5. The number of aromatic nitrogens is 4. The number of rotatable bonds is 3. The molecule has 24 heavy (non-hydrogen) atoms. The van der Waals surface area contributed by atoms with E-state index >= 15 is 0 Å². The second-order valence-electron chi connectivity index (χ2n) is 5.70. The summed E-state index contributed by atoms with van der Waals surface area (Å²) in [6.45, 7) is 2.83. The fourth-order valence-electron chi connectivity index (χ4n) is 3.12. The van der Waals surface area contributed by atoms with Crippen LogP contribution < -0.4 is 5.32 Å². The average Bonchev–Trinajstić information content (AvgIpc) is 3.15. The second kappa shape index (κ2) is 5.42. The lowest BCUT2D eigenvalue weighted by Crippen LogP contribution is -2.15. The van der Waals surface area contributed by atoms with E-state index in [9.17, 15) is 4.79 Å². The Kier molecular flexibility index (Phi) is 3.24. The van der Waals surface area contributed by atoms with Gasteiger partial charge in [0.1, 0.15) is 12.2 Å². The number of hydrogen-bond donors (Lipinski definition) is 1. The molecule has 0 radical (unpaired) electrons. The number of aryl methyl sites for hydroxylation is 1. The van der Waals surface area contributed by atoms with Crippen molar-refractivity contribution in [3.63, 3.8) is 0 Å². The van der Waals surface area contributed by atoms with E-state index < -0.39 is 5.92 Å². The number of carbonyl (C=O) groups excluding carboxylic acids is 1. The van der Waals surface area contributed by atoms with Crippen LogP contribution in [0.1, 0.15) is 36.1 Å². The Morgan fingerprint density at radius 3 is 3.04 bits per heavy atom. The third kappa shape index (κ3) is 2.04. The molecule has 0 fully saturated rings. The smallest absolute Gasteiger partial charge is 0.238 e. The van der Waals surface area contributed by atoms with Gasteiger partial charge in [-0.25, -0.2) is 14.6 Å². The van der Waals surface area contributed by atoms with Crippen molar-refractivity contribution in [3.05, 3.63) is 47.5 Å². The molecule has 1 aromatic carbocycles. The highest BCUT2D eigenvalue weighted by atomic mass is 16.2. The molecule has 4 rings (SSSR count). The summed E-state index contributed by atoms with van der Waals surface area (Å²) >= 11 is 0. The minimum atomic E-state index is -0.557. The van der Waals surface area contributed by atoms with Gasteiger partial charge in [-0.1, -0.05) is 6.92 Å². The normalized spacial score (nSPS) is 16.0. The standard InChI is InChI=1S/C17H14N6O/c1-2-5-23-16-12(8-21-23)15(19-9-20-16)14-11-6-10(7-18)3-4-13(11)22-17(14)24/h3-4,6,8-9,14H,2,5H2,1H3,(H,22,24). The first-order valence-electron chi connectivity index (χ1n) is 7.74. The van der Waals surface area contributed by atoms with E-state index in [1.165, 1.54) is 6.33 Å². The van der Waals surface area contributed by atoms with Crippen molar-refractivity contribution < 1.29 is 4.79 Å². The summed E-state index contributed by atoms with van der Waals surface area (Å²) in [5.74, 6) is -0.707. The largest absolute Gasteiger partial charge is 0.325 e. The number of nitrogens with zero attached hydrogens (tertiary/aromatic N) is 5. The van der Waals surface area contributed by atoms with Gasteiger partial charge in [0.15, 0.2) is 5.65 Å². The topological polar surface area (TPSA) is 96.5 Å². The predicted octanol–water partition coefficient (Wildman–Crippen LogP) is 2.19. The SMILES string of the molecule is CCCn1ncc2c(C3C(=O)Nc4ccc(C#N)cc43)ncnc21. The monoisotopic (exact) mass is 318 g/mol. The Morgan fingerprint density at radius 2 is 2.25 bits per heavy atom. The summed E-state index contributed by atoms with van der Waals surface area (Å²) in [6, 6.07) is 7.30. The van der Waals surface area contributed by atoms with Crippen molar-refractivity contribution >= 4 is 22.6 Å². The average molecular weight is 318 g/mol. The maximum Gasteiger partial charge on any atom is 0.238 e. The molecule has 2 aromatic heterocycles. The molecular formula is C17H14N6O. The molecule has 0 spiro atoms. The van der Waals surface area contributed by atoms with E-state index in [1.54, 1.807) is 24.4 Å². The first kappa shape index (κ1) is 14.3. The van der Waals surface area contributed by atoms with Gasteiger partial charge >= 0.3 is 0 Å². The maximum atomic E-state index is 12.5. The molecule has 0 saturated heterocycles. The van der Waals surface area contributed by atoms with E-state index in [0.29, 0.717) is 11.3 Å². The van der Waals surface area contributed by atoms with Crippen molar-refractivity contribution in [2.75, 3.05) is 5.32 Å². The van der Waals surface area contributed by atoms with Gasteiger partial charge in [0, 0.05) is 12.2 Å². The van der Waals surface area contributed by atoms with E-state index in [1.807, 2.05) is 4.68 Å². The minimum absolute atomic E-state index is 0.150. The third-order valence-electron chi connectivity index (χ3n) is 4.18. The molecule has 7 nitrogen and oxygen atoms in total. The summed E-state index contributed by atoms with van der Waals surface area (Å²) in [4.78, 5) is 21.2. The Morgan fingerprint density at radius 1 is 1.38 bits per heavy atom. The molecule has 1 unspecified atom stereocenters. The predicted molar refractivity (Wildman–Crippen MR) is 87.2 cm³/mol. The fraction of sp³-hybridized carbons (Fsp3) is 0.235. The number of anilines is 1. The quantitative estimate of drug-likeness (QED) is 0.798. The minimum Gasteiger partial charge on any atom is -0.325 e. The molecule has 0 saturated carbocycles. The van der Waals surface area contributed by atoms with Crippen LogP contribution in [0, 0.1) is 11.3 Å². The van der Waals surface area contributed by atoms with Crippen molar-refractivity contribution in [2.24, 2.45) is 0 Å². The van der Waals surface area contributed by atoms with Gasteiger partial charge < -0.3 is 5.32 Å². The highest BCUT2D eigenvalue weighted by Crippen LogP contribution is 2.38. The molecule has 3 heterocycles. The van der Waals surface area contributed by atoms with E-state index in [-0.39, 0.29) is 5.91 Å². The Balaban J connectivity index is 1.90. The van der Waals surface area contributed by atoms with Crippen molar-refractivity contribution in [2.45, 2.75) is 25.8 Å². The van der Waals surface area contributed by atoms with Crippen LogP contribution >= 0.6 is 0 Å². The molecule has 3 aromatic rings. The fourth-order valence-corrected chi connectivity index (χ4v) is 3.12. The maximum absolute atomic E-state index is 12.5. The molecule has 118 valence electrons. The Bertz CT molecular complexity index is 1000. The second-order valence-corrected chi connectivity index (χ2v) is 5.70. The summed E-state index contributed by atoms with van der Waals surface area (Å²) in [5, 5.41) is 17.1. The number of carbonyl (C=O) groups is 1. The number of fused-ring (bicyclic) bond motifs is 2. The number of nitrogens with one attached hydrogen (secondary N) is 1. The van der Waals surface area contributed by atoms with Crippen molar-refractivity contribution in [1.82, 2.24) is 19.7 Å². The highest BCUT2D eigenvalue weighted by Gasteiger charge is 2.35. The lowest BCUT2D eigenvalue weighted by Gasteiger charge is -2.09. The zero-order valence-electron chi connectivity index (χ0n) is 13.0. The van der Waals surface area contributed by atoms with Gasteiger partial charge in [0.2, 0.25) is 5.91 Å². The first-order valence-corrected chi connectivity index (χ1v) is 7.74. The van der Waals surface area contributed by atoms with Crippen LogP contribution in [0.15, 0.2) is 30.7 Å². The molecule has 1 amide bonds. The van der Waals surface area contributed by atoms with E-state index in [0.717, 1.165) is 35.2 Å². The Labute approximate surface area is 138 Å². The summed E-state index contributed by atoms with van der Waals surface area (Å²) in [7, 11) is 0. The highest BCUT2D eigenvalue weighted by molar-refractivity contribution is 6.06. The van der Waals surface area contributed by atoms with E-state index in [4.69, 9.17) is 5.26 Å². The third-order valence-corrected chi connectivity index (χ3v) is 4.18. The van der Waals surface area contributed by atoms with Crippen LogP contribution in [0.2, 0.25) is 0 Å². The van der Waals surface area contributed by atoms with Gasteiger partial charge in [-0.2, -0.15) is 10.4 Å². The van der Waals surface area contributed by atoms with Gasteiger partial charge in [-0.05, 0) is 30.2 Å². The summed E-state index contributed by atoms with van der Waals surface area (Å²) < 4.78 is 1.82. The summed E-state index contributed by atoms with van der Waals surface area (Å²) in [5.41, 5.74) is 3.34. The van der Waals surface area contributed by atoms with Crippen LogP contribution in [0.4, 0.5) is 5.69 Å². The number of nitriles is 1. The molecule has 1 atom stereocenters. The zero-order chi connectivity index (χ0) is 16.7. The number of amides is 1. The van der Waals surface area contributed by atoms with Crippen LogP contribution in [0.3, 0.4) is 0 Å². The summed E-state index contributed by atoms with van der Waals surface area (Å²) in [6.07, 6.45) is 4.11. The molecule has 0 bridgehead atoms. The van der Waals surface area contributed by atoms with Gasteiger partial charge in [0.05, 0.1) is 28.9 Å². The molecule has 1 aliphatic rings. The zero-order valence-corrected chi connectivity index (χ0v) is 13.0. The van der Waals surface area contributed by atoms with Crippen LogP contribution in [0.5, 0.6) is 0 Å². The van der Waals surface area contributed by atoms with E-state index in [2.05, 4.69) is 33.4 Å². The first-order chi connectivity index (χ1) is 11.7. The Hall–Kier alpha value is -3.27. The molecule has 1 aliphatic heterocycles. The van der Waals surface area contributed by atoms with Crippen LogP contribution in [-0.2, 0) is 11.3 Å². The number of benzene rings is 1.